The van der Waals surface area contributed by atoms with Crippen LogP contribution in [0.15, 0.2) is 0 Å². The van der Waals surface area contributed by atoms with E-state index >= 15 is 0 Å². The van der Waals surface area contributed by atoms with Crippen molar-refractivity contribution in [1.29, 1.82) is 0 Å². The molecule has 0 N–H and O–H groups in total. The van der Waals surface area contributed by atoms with Gasteiger partial charge in [-0.1, -0.05) is 45.4 Å². The molecular formula is C21H34F4O2. The van der Waals surface area contributed by atoms with Crippen LogP contribution in [0.1, 0.15) is 84.0 Å². The Kier molecular flexibility index (Phi) is 8.87. The summed E-state index contributed by atoms with van der Waals surface area (Å²) in [5, 5.41) is 0. The molecule has 0 amide bonds. The molecule has 0 saturated heterocycles. The zero-order valence-corrected chi connectivity index (χ0v) is 16.4. The van der Waals surface area contributed by atoms with Gasteiger partial charge in [0.15, 0.2) is 6.61 Å². The monoisotopic (exact) mass is 394 g/mol. The van der Waals surface area contributed by atoms with Crippen molar-refractivity contribution in [3.8, 4) is 0 Å². The molecule has 0 radical (unpaired) electrons. The third-order valence-electron chi connectivity index (χ3n) is 6.61. The first-order chi connectivity index (χ1) is 12.8. The van der Waals surface area contributed by atoms with Crippen LogP contribution in [0.25, 0.3) is 0 Å². The van der Waals surface area contributed by atoms with Gasteiger partial charge in [0.2, 0.25) is 0 Å². The third kappa shape index (κ3) is 6.94. The summed E-state index contributed by atoms with van der Waals surface area (Å²) in [4.78, 5) is 11.9. The van der Waals surface area contributed by atoms with Crippen LogP contribution < -0.4 is 0 Å². The lowest BCUT2D eigenvalue weighted by molar-refractivity contribution is -0.183. The molecule has 0 bridgehead atoms. The predicted octanol–water partition coefficient (Wildman–Crippen LogP) is 6.62. The van der Waals surface area contributed by atoms with Crippen LogP contribution in [0.5, 0.6) is 0 Å². The van der Waals surface area contributed by atoms with Gasteiger partial charge >= 0.3 is 18.3 Å². The molecule has 0 heterocycles. The van der Waals surface area contributed by atoms with Crippen molar-refractivity contribution < 1.29 is 27.1 Å². The second-order valence-corrected chi connectivity index (χ2v) is 8.56. The first-order valence-corrected chi connectivity index (χ1v) is 10.7. The van der Waals surface area contributed by atoms with Gasteiger partial charge in [0.25, 0.3) is 0 Å². The molecule has 0 aliphatic heterocycles. The van der Waals surface area contributed by atoms with Crippen molar-refractivity contribution in [1.82, 2.24) is 0 Å². The number of ether oxygens (including phenoxy) is 1. The maximum atomic E-state index is 12.9. The number of esters is 1. The van der Waals surface area contributed by atoms with Gasteiger partial charge in [0.05, 0.1) is 5.92 Å². The molecule has 2 rings (SSSR count). The second kappa shape index (κ2) is 10.7. The van der Waals surface area contributed by atoms with Crippen molar-refractivity contribution in [3.05, 3.63) is 0 Å². The number of halogens is 4. The second-order valence-electron chi connectivity index (χ2n) is 8.56. The summed E-state index contributed by atoms with van der Waals surface area (Å²) < 4.78 is 54.5. The quantitative estimate of drug-likeness (QED) is 0.249. The van der Waals surface area contributed by atoms with E-state index in [0.717, 1.165) is 18.8 Å². The number of hydrogen-bond acceptors (Lipinski definition) is 2. The fourth-order valence-corrected chi connectivity index (χ4v) is 4.81. The summed E-state index contributed by atoms with van der Waals surface area (Å²) in [7, 11) is 0. The Morgan fingerprint density at radius 2 is 1.52 bits per heavy atom. The molecule has 158 valence electrons. The van der Waals surface area contributed by atoms with Crippen LogP contribution in [0.3, 0.4) is 0 Å². The average molecular weight is 394 g/mol. The summed E-state index contributed by atoms with van der Waals surface area (Å²) in [5.74, 6) is -3.23. The SMILES string of the molecule is CCCCC[C@H]1CC[C@H]([C@H]2CC[C@H](C(=O)OCC(F)(F)C(F)F)CC2)CC1. The highest BCUT2D eigenvalue weighted by molar-refractivity contribution is 5.72. The summed E-state index contributed by atoms with van der Waals surface area (Å²) in [5.41, 5.74) is 0. The molecule has 2 aliphatic carbocycles. The van der Waals surface area contributed by atoms with Crippen LogP contribution in [0.2, 0.25) is 0 Å². The minimum Gasteiger partial charge on any atom is -0.459 e. The maximum absolute atomic E-state index is 12.9. The van der Waals surface area contributed by atoms with E-state index < -0.39 is 30.8 Å². The average Bonchev–Trinajstić information content (AvgIpc) is 2.67. The smallest absolute Gasteiger partial charge is 0.340 e. The molecule has 2 nitrogen and oxygen atoms in total. The number of carbonyl (C=O) groups is 1. The minimum absolute atomic E-state index is 0.417. The van der Waals surface area contributed by atoms with Gasteiger partial charge < -0.3 is 4.74 Å². The Bertz CT molecular complexity index is 439. The highest BCUT2D eigenvalue weighted by Gasteiger charge is 2.43. The van der Waals surface area contributed by atoms with E-state index in [2.05, 4.69) is 11.7 Å². The molecule has 27 heavy (non-hydrogen) atoms. The van der Waals surface area contributed by atoms with Crippen molar-refractivity contribution in [2.75, 3.05) is 6.61 Å². The van der Waals surface area contributed by atoms with Crippen LogP contribution in [0, 0.1) is 23.7 Å². The van der Waals surface area contributed by atoms with Gasteiger partial charge in [-0.05, 0) is 56.3 Å². The van der Waals surface area contributed by atoms with Crippen molar-refractivity contribution in [2.45, 2.75) is 96.3 Å². The molecular weight excluding hydrogens is 360 g/mol. The lowest BCUT2D eigenvalue weighted by Crippen LogP contribution is -2.35. The number of unbranched alkanes of at least 4 members (excludes halogenated alkanes) is 2. The van der Waals surface area contributed by atoms with Crippen molar-refractivity contribution in [2.24, 2.45) is 23.7 Å². The fraction of sp³-hybridized carbons (Fsp3) is 0.952. The lowest BCUT2D eigenvalue weighted by Gasteiger charge is -2.37. The normalized spacial score (nSPS) is 29.7. The maximum Gasteiger partial charge on any atom is 0.340 e. The summed E-state index contributed by atoms with van der Waals surface area (Å²) in [6, 6.07) is 0. The molecule has 0 aromatic carbocycles. The molecule has 0 atom stereocenters. The van der Waals surface area contributed by atoms with Gasteiger partial charge in [-0.3, -0.25) is 4.79 Å². The fourth-order valence-electron chi connectivity index (χ4n) is 4.81. The van der Waals surface area contributed by atoms with Crippen LogP contribution in [0.4, 0.5) is 17.6 Å². The molecule has 0 unspecified atom stereocenters. The summed E-state index contributed by atoms with van der Waals surface area (Å²) in [6.45, 7) is 0.707. The topological polar surface area (TPSA) is 26.3 Å². The highest BCUT2D eigenvalue weighted by atomic mass is 19.3. The molecule has 0 spiro atoms. The molecule has 6 heteroatoms. The van der Waals surface area contributed by atoms with E-state index in [1.165, 1.54) is 51.4 Å². The van der Waals surface area contributed by atoms with Gasteiger partial charge in [-0.15, -0.1) is 0 Å². The van der Waals surface area contributed by atoms with Gasteiger partial charge in [0.1, 0.15) is 0 Å². The number of alkyl halides is 4. The Labute approximate surface area is 160 Å². The van der Waals surface area contributed by atoms with Gasteiger partial charge in [-0.2, -0.15) is 8.78 Å². The van der Waals surface area contributed by atoms with Crippen LogP contribution in [-0.4, -0.2) is 24.9 Å². The standard InChI is InChI=1S/C21H34F4O2/c1-2-3-4-5-15-6-8-16(9-7-15)17-10-12-18(13-11-17)19(26)27-14-21(24,25)20(22)23/h15-18,20H,2-14H2,1H3/t15-,16-,17-,18-. The van der Waals surface area contributed by atoms with Crippen LogP contribution >= 0.6 is 0 Å². The largest absolute Gasteiger partial charge is 0.459 e. The Balaban J connectivity index is 1.66. The van der Waals surface area contributed by atoms with E-state index in [-0.39, 0.29) is 0 Å². The van der Waals surface area contributed by atoms with Gasteiger partial charge in [0, 0.05) is 0 Å². The zero-order chi connectivity index (χ0) is 19.9. The molecule has 2 aliphatic rings. The van der Waals surface area contributed by atoms with E-state index in [1.807, 2.05) is 0 Å². The first kappa shape index (κ1) is 22.5. The number of hydrogen-bond donors (Lipinski definition) is 0. The predicted molar refractivity (Wildman–Crippen MR) is 96.9 cm³/mol. The van der Waals surface area contributed by atoms with E-state index in [0.29, 0.717) is 24.7 Å². The summed E-state index contributed by atoms with van der Waals surface area (Å²) >= 11 is 0. The number of carbonyl (C=O) groups excluding carboxylic acids is 1. The molecule has 0 aromatic heterocycles. The highest BCUT2D eigenvalue weighted by Crippen LogP contribution is 2.42. The molecule has 0 aromatic rings. The van der Waals surface area contributed by atoms with Crippen LogP contribution in [-0.2, 0) is 9.53 Å². The third-order valence-corrected chi connectivity index (χ3v) is 6.61. The number of rotatable bonds is 9. The zero-order valence-electron chi connectivity index (χ0n) is 16.4. The summed E-state index contributed by atoms with van der Waals surface area (Å²) in [6.07, 6.45) is 9.67. The van der Waals surface area contributed by atoms with E-state index in [4.69, 9.17) is 0 Å². The van der Waals surface area contributed by atoms with Crippen molar-refractivity contribution >= 4 is 5.97 Å². The molecule has 2 saturated carbocycles. The van der Waals surface area contributed by atoms with Gasteiger partial charge in [-0.25, -0.2) is 8.78 Å². The first-order valence-electron chi connectivity index (χ1n) is 10.7. The Morgan fingerprint density at radius 3 is 2.04 bits per heavy atom. The minimum atomic E-state index is -4.26. The lowest BCUT2D eigenvalue weighted by atomic mass is 9.68. The Morgan fingerprint density at radius 1 is 0.963 bits per heavy atom. The van der Waals surface area contributed by atoms with E-state index in [9.17, 15) is 22.4 Å². The Hall–Kier alpha value is -0.810. The molecule has 2 fully saturated rings. The van der Waals surface area contributed by atoms with Crippen molar-refractivity contribution in [3.63, 3.8) is 0 Å². The van der Waals surface area contributed by atoms with E-state index in [1.54, 1.807) is 0 Å².